The highest BCUT2D eigenvalue weighted by atomic mass is 32.2. The Morgan fingerprint density at radius 3 is 2.45 bits per heavy atom. The van der Waals surface area contributed by atoms with Crippen molar-refractivity contribution in [3.63, 3.8) is 0 Å². The maximum Gasteiger partial charge on any atom is 0.240 e. The van der Waals surface area contributed by atoms with Crippen LogP contribution in [-0.2, 0) is 14.8 Å². The van der Waals surface area contributed by atoms with Gasteiger partial charge in [0.05, 0.1) is 10.9 Å². The normalized spacial score (nSPS) is 15.2. The van der Waals surface area contributed by atoms with Crippen molar-refractivity contribution in [1.29, 1.82) is 0 Å². The predicted molar refractivity (Wildman–Crippen MR) is 120 cm³/mol. The van der Waals surface area contributed by atoms with Gasteiger partial charge in [0, 0.05) is 19.0 Å². The summed E-state index contributed by atoms with van der Waals surface area (Å²) in [5.41, 5.74) is 0.946. The SMILES string of the molecule is CC(NC(=O)CCCCCNS(=O)(=O)c1ccc2c(c1)OCCO2)c1ccc2c(c1)OCO2. The van der Waals surface area contributed by atoms with Gasteiger partial charge >= 0.3 is 0 Å². The van der Waals surface area contributed by atoms with Gasteiger partial charge in [-0.25, -0.2) is 13.1 Å². The molecule has 2 aliphatic rings. The fourth-order valence-electron chi connectivity index (χ4n) is 3.65. The zero-order valence-electron chi connectivity index (χ0n) is 18.5. The van der Waals surface area contributed by atoms with Crippen LogP contribution in [0.4, 0.5) is 0 Å². The van der Waals surface area contributed by atoms with Crippen molar-refractivity contribution in [2.24, 2.45) is 0 Å². The molecule has 1 amide bonds. The molecule has 0 saturated heterocycles. The average molecular weight is 477 g/mol. The van der Waals surface area contributed by atoms with Crippen LogP contribution in [0, 0.1) is 0 Å². The van der Waals surface area contributed by atoms with Gasteiger partial charge in [0.2, 0.25) is 22.7 Å². The van der Waals surface area contributed by atoms with Gasteiger partial charge in [-0.3, -0.25) is 4.79 Å². The molecule has 9 nitrogen and oxygen atoms in total. The van der Waals surface area contributed by atoms with Gasteiger partial charge in [-0.05, 0) is 49.6 Å². The molecule has 4 rings (SSSR count). The highest BCUT2D eigenvalue weighted by Gasteiger charge is 2.19. The summed E-state index contributed by atoms with van der Waals surface area (Å²) in [6.45, 7) is 3.28. The molecule has 2 aromatic carbocycles. The Hall–Kier alpha value is -2.98. The number of ether oxygens (including phenoxy) is 4. The average Bonchev–Trinajstić information content (AvgIpc) is 3.29. The van der Waals surface area contributed by atoms with E-state index in [1.807, 2.05) is 25.1 Å². The number of amides is 1. The lowest BCUT2D eigenvalue weighted by atomic mass is 10.1. The van der Waals surface area contributed by atoms with E-state index < -0.39 is 10.0 Å². The fraction of sp³-hybridized carbons (Fsp3) is 0.435. The van der Waals surface area contributed by atoms with E-state index in [0.29, 0.717) is 62.0 Å². The maximum atomic E-state index is 12.5. The minimum Gasteiger partial charge on any atom is -0.486 e. The van der Waals surface area contributed by atoms with Crippen LogP contribution >= 0.6 is 0 Å². The number of rotatable bonds is 10. The molecule has 1 unspecified atom stereocenters. The van der Waals surface area contributed by atoms with Crippen molar-refractivity contribution in [1.82, 2.24) is 10.0 Å². The molecule has 0 saturated carbocycles. The second-order valence-corrected chi connectivity index (χ2v) is 9.68. The summed E-state index contributed by atoms with van der Waals surface area (Å²) in [6.07, 6.45) is 2.42. The van der Waals surface area contributed by atoms with Crippen molar-refractivity contribution in [3.8, 4) is 23.0 Å². The Balaban J connectivity index is 1.15. The summed E-state index contributed by atoms with van der Waals surface area (Å²) in [6, 6.07) is 10.1. The Morgan fingerprint density at radius 2 is 1.61 bits per heavy atom. The number of benzene rings is 2. The van der Waals surface area contributed by atoms with E-state index >= 15 is 0 Å². The first-order valence-corrected chi connectivity index (χ1v) is 12.5. The van der Waals surface area contributed by atoms with E-state index in [9.17, 15) is 13.2 Å². The molecule has 2 N–H and O–H groups in total. The first kappa shape index (κ1) is 23.2. The van der Waals surface area contributed by atoms with Crippen molar-refractivity contribution < 1.29 is 32.2 Å². The molecular formula is C23H28N2O7S. The molecule has 2 aromatic rings. The van der Waals surface area contributed by atoms with Crippen LogP contribution in [0.15, 0.2) is 41.3 Å². The van der Waals surface area contributed by atoms with E-state index in [1.165, 1.54) is 12.1 Å². The number of hydrogen-bond donors (Lipinski definition) is 2. The van der Waals surface area contributed by atoms with Crippen LogP contribution in [0.5, 0.6) is 23.0 Å². The monoisotopic (exact) mass is 476 g/mol. The van der Waals surface area contributed by atoms with Crippen LogP contribution in [0.25, 0.3) is 0 Å². The Kier molecular flexibility index (Phi) is 7.24. The third-order valence-corrected chi connectivity index (χ3v) is 6.93. The lowest BCUT2D eigenvalue weighted by Gasteiger charge is -2.18. The van der Waals surface area contributed by atoms with Gasteiger partial charge in [-0.2, -0.15) is 0 Å². The smallest absolute Gasteiger partial charge is 0.240 e. The highest BCUT2D eigenvalue weighted by Crippen LogP contribution is 2.34. The Bertz CT molecular complexity index is 1100. The van der Waals surface area contributed by atoms with Crippen molar-refractivity contribution in [3.05, 3.63) is 42.0 Å². The lowest BCUT2D eigenvalue weighted by molar-refractivity contribution is -0.121. The summed E-state index contributed by atoms with van der Waals surface area (Å²) in [5.74, 6) is 2.34. The summed E-state index contributed by atoms with van der Waals surface area (Å²) in [5, 5.41) is 2.98. The Labute approximate surface area is 193 Å². The molecule has 178 valence electrons. The second-order valence-electron chi connectivity index (χ2n) is 7.92. The molecule has 0 bridgehead atoms. The minimum absolute atomic E-state index is 0.0444. The highest BCUT2D eigenvalue weighted by molar-refractivity contribution is 7.89. The van der Waals surface area contributed by atoms with Crippen LogP contribution < -0.4 is 29.0 Å². The molecule has 0 radical (unpaired) electrons. The lowest BCUT2D eigenvalue weighted by Crippen LogP contribution is -2.26. The number of fused-ring (bicyclic) bond motifs is 2. The predicted octanol–water partition coefficient (Wildman–Crippen LogP) is 2.90. The summed E-state index contributed by atoms with van der Waals surface area (Å²) in [4.78, 5) is 12.4. The number of sulfonamides is 1. The third-order valence-electron chi connectivity index (χ3n) is 5.47. The number of hydrogen-bond acceptors (Lipinski definition) is 7. The van der Waals surface area contributed by atoms with Gasteiger partial charge in [0.25, 0.3) is 0 Å². The van der Waals surface area contributed by atoms with E-state index in [0.717, 1.165) is 12.0 Å². The standard InChI is InChI=1S/C23H28N2O7S/c1-16(17-6-8-20-21(13-17)32-15-31-20)25-23(26)5-3-2-4-10-24-33(27,28)18-7-9-19-22(14-18)30-12-11-29-19/h6-9,13-14,16,24H,2-5,10-12,15H2,1H3,(H,25,26). The maximum absolute atomic E-state index is 12.5. The van der Waals surface area contributed by atoms with Crippen LogP contribution in [0.2, 0.25) is 0 Å². The number of carbonyl (C=O) groups excluding carboxylic acids is 1. The molecule has 0 spiro atoms. The van der Waals surface area contributed by atoms with E-state index in [2.05, 4.69) is 10.0 Å². The van der Waals surface area contributed by atoms with Gasteiger partial charge in [-0.1, -0.05) is 12.5 Å². The third kappa shape index (κ3) is 5.88. The zero-order chi connectivity index (χ0) is 23.3. The molecule has 0 aromatic heterocycles. The van der Waals surface area contributed by atoms with Crippen molar-refractivity contribution in [2.75, 3.05) is 26.6 Å². The first-order valence-electron chi connectivity index (χ1n) is 11.0. The molecule has 33 heavy (non-hydrogen) atoms. The van der Waals surface area contributed by atoms with Crippen LogP contribution in [0.1, 0.15) is 44.2 Å². The van der Waals surface area contributed by atoms with Crippen LogP contribution in [0.3, 0.4) is 0 Å². The molecule has 0 aliphatic carbocycles. The van der Waals surface area contributed by atoms with E-state index in [-0.39, 0.29) is 23.6 Å². The summed E-state index contributed by atoms with van der Waals surface area (Å²) in [7, 11) is -3.63. The van der Waals surface area contributed by atoms with Gasteiger partial charge in [0.15, 0.2) is 23.0 Å². The molecule has 2 heterocycles. The summed E-state index contributed by atoms with van der Waals surface area (Å²) < 4.78 is 49.1. The van der Waals surface area contributed by atoms with Gasteiger partial charge in [-0.15, -0.1) is 0 Å². The first-order chi connectivity index (χ1) is 15.9. The minimum atomic E-state index is -3.63. The van der Waals surface area contributed by atoms with Crippen molar-refractivity contribution >= 4 is 15.9 Å². The second kappa shape index (κ2) is 10.3. The molecule has 0 fully saturated rings. The molecular weight excluding hydrogens is 448 g/mol. The van der Waals surface area contributed by atoms with Gasteiger partial charge < -0.3 is 24.3 Å². The number of nitrogens with one attached hydrogen (secondary N) is 2. The molecule has 1 atom stereocenters. The van der Waals surface area contributed by atoms with E-state index in [4.69, 9.17) is 18.9 Å². The van der Waals surface area contributed by atoms with Crippen LogP contribution in [-0.4, -0.2) is 40.9 Å². The largest absolute Gasteiger partial charge is 0.486 e. The topological polar surface area (TPSA) is 112 Å². The summed E-state index contributed by atoms with van der Waals surface area (Å²) >= 11 is 0. The number of unbranched alkanes of at least 4 members (excludes halogenated alkanes) is 2. The number of carbonyl (C=O) groups is 1. The molecule has 2 aliphatic heterocycles. The quantitative estimate of drug-likeness (QED) is 0.507. The molecule has 10 heteroatoms. The fourth-order valence-corrected chi connectivity index (χ4v) is 4.74. The van der Waals surface area contributed by atoms with Gasteiger partial charge in [0.1, 0.15) is 13.2 Å². The van der Waals surface area contributed by atoms with E-state index in [1.54, 1.807) is 6.07 Å². The Morgan fingerprint density at radius 1 is 0.909 bits per heavy atom. The zero-order valence-corrected chi connectivity index (χ0v) is 19.3. The van der Waals surface area contributed by atoms with Crippen molar-refractivity contribution in [2.45, 2.75) is 43.5 Å².